The van der Waals surface area contributed by atoms with E-state index in [4.69, 9.17) is 5.73 Å². The van der Waals surface area contributed by atoms with Gasteiger partial charge in [0.1, 0.15) is 0 Å². The molecule has 0 aliphatic rings. The molecule has 0 amide bonds. The number of pyridine rings is 1. The Hall–Kier alpha value is -4.06. The molecule has 4 aromatic rings. The molecular weight excluding hydrogens is 461 g/mol. The molecule has 184 valence electrons. The van der Waals surface area contributed by atoms with E-state index in [1.54, 1.807) is 34.9 Å². The molecule has 0 aliphatic carbocycles. The van der Waals surface area contributed by atoms with Crippen molar-refractivity contribution in [1.29, 1.82) is 0 Å². The number of nitrogens with one attached hydrogen (secondary N) is 1. The summed E-state index contributed by atoms with van der Waals surface area (Å²) < 4.78 is 45.6. The van der Waals surface area contributed by atoms with Crippen LogP contribution in [0.2, 0.25) is 0 Å². The van der Waals surface area contributed by atoms with Gasteiger partial charge in [0.15, 0.2) is 5.75 Å². The summed E-state index contributed by atoms with van der Waals surface area (Å²) in [6.07, 6.45) is 0.0792. The summed E-state index contributed by atoms with van der Waals surface area (Å²) >= 11 is 0. The van der Waals surface area contributed by atoms with Crippen LogP contribution in [-0.2, 0) is 0 Å². The molecule has 12 heteroatoms. The predicted molar refractivity (Wildman–Crippen MR) is 129 cm³/mol. The Labute approximate surface area is 200 Å². The second-order valence-electron chi connectivity index (χ2n) is 8.16. The predicted octanol–water partition coefficient (Wildman–Crippen LogP) is 4.01. The number of halogens is 3. The second kappa shape index (κ2) is 9.66. The van der Waals surface area contributed by atoms with Gasteiger partial charge in [-0.15, -0.1) is 13.2 Å². The number of nitrogens with zero attached hydrogens (tertiary/aromatic N) is 6. The largest absolute Gasteiger partial charge is 0.573 e. The maximum absolute atomic E-state index is 13.2. The van der Waals surface area contributed by atoms with Crippen molar-refractivity contribution in [3.05, 3.63) is 55.0 Å². The van der Waals surface area contributed by atoms with Gasteiger partial charge in [0.25, 0.3) is 0 Å². The summed E-state index contributed by atoms with van der Waals surface area (Å²) in [7, 11) is 5.57. The minimum Gasteiger partial charge on any atom is -0.403 e. The first kappa shape index (κ1) is 24.1. The van der Waals surface area contributed by atoms with Crippen molar-refractivity contribution < 1.29 is 17.9 Å². The molecule has 0 atom stereocenters. The first-order valence-corrected chi connectivity index (χ1v) is 10.7. The van der Waals surface area contributed by atoms with E-state index >= 15 is 0 Å². The maximum Gasteiger partial charge on any atom is 0.573 e. The van der Waals surface area contributed by atoms with Crippen molar-refractivity contribution in [1.82, 2.24) is 24.5 Å². The number of benzene rings is 1. The van der Waals surface area contributed by atoms with Crippen LogP contribution in [0.5, 0.6) is 5.75 Å². The van der Waals surface area contributed by atoms with Crippen molar-refractivity contribution in [2.24, 2.45) is 0 Å². The van der Waals surface area contributed by atoms with E-state index < -0.39 is 12.1 Å². The van der Waals surface area contributed by atoms with Crippen molar-refractivity contribution >= 4 is 28.5 Å². The van der Waals surface area contributed by atoms with Gasteiger partial charge < -0.3 is 25.6 Å². The lowest BCUT2D eigenvalue weighted by Gasteiger charge is -2.25. The molecule has 1 aromatic carbocycles. The lowest BCUT2D eigenvalue weighted by molar-refractivity contribution is -0.274. The third kappa shape index (κ3) is 5.72. The lowest BCUT2D eigenvalue weighted by atomic mass is 10.2. The summed E-state index contributed by atoms with van der Waals surface area (Å²) in [5.74, 6) is -0.360. The zero-order valence-corrected chi connectivity index (χ0v) is 19.4. The van der Waals surface area contributed by atoms with Gasteiger partial charge in [-0.2, -0.15) is 5.10 Å². The number of fused-ring (bicyclic) bond motifs is 1. The quantitative estimate of drug-likeness (QED) is 0.361. The van der Waals surface area contributed by atoms with E-state index in [0.717, 1.165) is 11.1 Å². The van der Waals surface area contributed by atoms with Gasteiger partial charge in [0.2, 0.25) is 5.95 Å². The van der Waals surface area contributed by atoms with Crippen LogP contribution in [0.15, 0.2) is 55.0 Å². The van der Waals surface area contributed by atoms with E-state index in [1.165, 1.54) is 18.3 Å². The number of nitrogens with two attached hydrogens (primary N) is 1. The topological polar surface area (TPSA) is 96.8 Å². The van der Waals surface area contributed by atoms with Crippen molar-refractivity contribution in [2.45, 2.75) is 6.36 Å². The molecule has 3 N–H and O–H groups in total. The number of nitrogen functional groups attached to an aromatic ring is 1. The van der Waals surface area contributed by atoms with E-state index in [-0.39, 0.29) is 17.3 Å². The number of alkyl halides is 3. The second-order valence-corrected chi connectivity index (χ2v) is 8.16. The van der Waals surface area contributed by atoms with E-state index in [1.807, 2.05) is 37.2 Å². The average molecular weight is 487 g/mol. The average Bonchev–Trinajstić information content (AvgIpc) is 3.23. The van der Waals surface area contributed by atoms with Crippen LogP contribution in [0, 0.1) is 0 Å². The molecule has 0 radical (unpaired) electrons. The highest BCUT2D eigenvalue weighted by molar-refractivity contribution is 5.80. The standard InChI is InChI=1S/C23H25F3N8O/c1-32(2)10-11-33(3)20-13-21(35-23(24,25)26)18(12-16(20)27)31-22-28-8-7-17(30-22)15-14-29-34-9-5-4-6-19(15)34/h4-9,12-14H,10-11,27H2,1-3H3,(H,28,30,31). The number of rotatable bonds is 8. The molecule has 0 aliphatic heterocycles. The molecule has 0 saturated heterocycles. The fraction of sp³-hybridized carbons (Fsp3) is 0.261. The Morgan fingerprint density at radius 2 is 1.91 bits per heavy atom. The Morgan fingerprint density at radius 3 is 2.66 bits per heavy atom. The number of hydrogen-bond donors (Lipinski definition) is 2. The molecule has 0 saturated carbocycles. The Kier molecular flexibility index (Phi) is 6.65. The first-order valence-electron chi connectivity index (χ1n) is 10.7. The molecule has 9 nitrogen and oxygen atoms in total. The first-order chi connectivity index (χ1) is 16.6. The van der Waals surface area contributed by atoms with Crippen molar-refractivity contribution in [3.8, 4) is 17.0 Å². The minimum absolute atomic E-state index is 0.0124. The summed E-state index contributed by atoms with van der Waals surface area (Å²) in [5, 5.41) is 7.11. The van der Waals surface area contributed by atoms with E-state index in [2.05, 4.69) is 25.1 Å². The Balaban J connectivity index is 1.67. The summed E-state index contributed by atoms with van der Waals surface area (Å²) in [6.45, 7) is 1.25. The molecule has 4 rings (SSSR count). The van der Waals surface area contributed by atoms with E-state index in [0.29, 0.717) is 24.5 Å². The number of ether oxygens (including phenoxy) is 1. The monoisotopic (exact) mass is 486 g/mol. The Bertz CT molecular complexity index is 1320. The van der Waals surface area contributed by atoms with Crippen LogP contribution < -0.4 is 20.7 Å². The van der Waals surface area contributed by atoms with Gasteiger partial charge in [-0.3, -0.25) is 0 Å². The van der Waals surface area contributed by atoms with Crippen molar-refractivity contribution in [2.75, 3.05) is 50.2 Å². The highest BCUT2D eigenvalue weighted by Gasteiger charge is 2.33. The zero-order chi connectivity index (χ0) is 25.2. The van der Waals surface area contributed by atoms with E-state index in [9.17, 15) is 13.2 Å². The van der Waals surface area contributed by atoms with Crippen LogP contribution >= 0.6 is 0 Å². The van der Waals surface area contributed by atoms with Crippen molar-refractivity contribution in [3.63, 3.8) is 0 Å². The maximum atomic E-state index is 13.2. The summed E-state index contributed by atoms with van der Waals surface area (Å²) in [5.41, 5.74) is 9.01. The molecule has 0 bridgehead atoms. The fourth-order valence-electron chi connectivity index (χ4n) is 3.51. The van der Waals surface area contributed by atoms with Crippen LogP contribution in [0.1, 0.15) is 0 Å². The third-order valence-corrected chi connectivity index (χ3v) is 5.25. The number of aromatic nitrogens is 4. The smallest absolute Gasteiger partial charge is 0.403 e. The number of hydrogen-bond acceptors (Lipinski definition) is 8. The van der Waals surface area contributed by atoms with Crippen LogP contribution in [0.25, 0.3) is 16.8 Å². The van der Waals surface area contributed by atoms with Crippen LogP contribution in [0.3, 0.4) is 0 Å². The Morgan fingerprint density at radius 1 is 1.11 bits per heavy atom. The minimum atomic E-state index is -4.90. The molecule has 0 spiro atoms. The molecule has 0 fully saturated rings. The number of anilines is 4. The molecule has 35 heavy (non-hydrogen) atoms. The zero-order valence-electron chi connectivity index (χ0n) is 19.4. The molecular formula is C23H25F3N8O. The van der Waals surface area contributed by atoms with Gasteiger partial charge in [-0.05, 0) is 38.4 Å². The van der Waals surface area contributed by atoms with Gasteiger partial charge in [-0.1, -0.05) is 6.07 Å². The molecule has 0 unspecified atom stereocenters. The molecule has 3 heterocycles. The van der Waals surface area contributed by atoms with Gasteiger partial charge in [0.05, 0.1) is 34.5 Å². The van der Waals surface area contributed by atoms with Gasteiger partial charge >= 0.3 is 6.36 Å². The highest BCUT2D eigenvalue weighted by Crippen LogP contribution is 2.39. The highest BCUT2D eigenvalue weighted by atomic mass is 19.4. The number of likely N-dealkylation sites (N-methyl/N-ethyl adjacent to an activating group) is 2. The van der Waals surface area contributed by atoms with Gasteiger partial charge in [0, 0.05) is 44.2 Å². The van der Waals surface area contributed by atoms with Crippen LogP contribution in [-0.4, -0.2) is 65.1 Å². The van der Waals surface area contributed by atoms with Crippen LogP contribution in [0.4, 0.5) is 36.2 Å². The SMILES string of the molecule is CN(C)CCN(C)c1cc(OC(F)(F)F)c(Nc2nccc(-c3cnn4ccccc34)n2)cc1N. The third-order valence-electron chi connectivity index (χ3n) is 5.25. The summed E-state index contributed by atoms with van der Waals surface area (Å²) in [6, 6.07) is 9.95. The molecule has 3 aromatic heterocycles. The normalized spacial score (nSPS) is 11.7. The van der Waals surface area contributed by atoms with Gasteiger partial charge in [-0.25, -0.2) is 14.5 Å². The fourth-order valence-corrected chi connectivity index (χ4v) is 3.51. The lowest BCUT2D eigenvalue weighted by Crippen LogP contribution is -2.29. The summed E-state index contributed by atoms with van der Waals surface area (Å²) in [4.78, 5) is 12.4.